The Hall–Kier alpha value is -3.39. The van der Waals surface area contributed by atoms with Gasteiger partial charge < -0.3 is 18.9 Å². The minimum atomic E-state index is -0.327. The lowest BCUT2D eigenvalue weighted by Gasteiger charge is -2.34. The molecule has 1 saturated heterocycles. The molecule has 0 spiro atoms. The number of halogens is 1. The van der Waals surface area contributed by atoms with E-state index in [1.807, 2.05) is 34.8 Å². The summed E-state index contributed by atoms with van der Waals surface area (Å²) in [6, 6.07) is 13.8. The topological polar surface area (TPSA) is 59.8 Å². The Bertz CT molecular complexity index is 1010. The molecule has 8 heteroatoms. The summed E-state index contributed by atoms with van der Waals surface area (Å²) in [7, 11) is 1.95. The monoisotopic (exact) mass is 438 g/mol. The first-order valence-electron chi connectivity index (χ1n) is 10.6. The predicted octanol–water partition coefficient (Wildman–Crippen LogP) is 2.86. The lowest BCUT2D eigenvalue weighted by molar-refractivity contribution is -0.135. The number of carbonyl (C=O) groups excluding carboxylic acids is 1. The molecule has 1 aliphatic heterocycles. The molecule has 32 heavy (non-hydrogen) atoms. The molecule has 3 aromatic rings. The van der Waals surface area contributed by atoms with Gasteiger partial charge in [-0.15, -0.1) is 0 Å². The number of benzene rings is 2. The second-order valence-electron chi connectivity index (χ2n) is 7.79. The average Bonchev–Trinajstić information content (AvgIpc) is 3.23. The molecule has 0 saturated carbocycles. The maximum absolute atomic E-state index is 12.9. The summed E-state index contributed by atoms with van der Waals surface area (Å²) in [5.74, 6) is 1.80. The molecule has 2 aromatic carbocycles. The smallest absolute Gasteiger partial charge is 0.260 e. The van der Waals surface area contributed by atoms with E-state index >= 15 is 0 Å². The van der Waals surface area contributed by atoms with Gasteiger partial charge in [-0.2, -0.15) is 0 Å². The minimum Gasteiger partial charge on any atom is -0.486 e. The fourth-order valence-electron chi connectivity index (χ4n) is 3.56. The molecule has 0 aliphatic carbocycles. The number of ether oxygens (including phenoxy) is 2. The Balaban J connectivity index is 1.18. The van der Waals surface area contributed by atoms with Crippen molar-refractivity contribution < 1.29 is 18.7 Å². The SMILES string of the molecule is Cn1ccnc1COc1ccc(CN2CCN(C(=O)COc3ccc(F)cc3)CC2)cc1. The van der Waals surface area contributed by atoms with Crippen LogP contribution in [0, 0.1) is 5.82 Å². The van der Waals surface area contributed by atoms with Crippen LogP contribution in [0.15, 0.2) is 60.9 Å². The zero-order valence-electron chi connectivity index (χ0n) is 18.1. The van der Waals surface area contributed by atoms with Crippen molar-refractivity contribution >= 4 is 5.91 Å². The molecule has 0 N–H and O–H groups in total. The van der Waals surface area contributed by atoms with Crippen LogP contribution in [0.1, 0.15) is 11.4 Å². The van der Waals surface area contributed by atoms with E-state index in [9.17, 15) is 9.18 Å². The van der Waals surface area contributed by atoms with Gasteiger partial charge >= 0.3 is 0 Å². The molecule has 1 amide bonds. The van der Waals surface area contributed by atoms with Crippen LogP contribution in [0.25, 0.3) is 0 Å². The number of carbonyl (C=O) groups is 1. The first-order valence-corrected chi connectivity index (χ1v) is 10.6. The zero-order chi connectivity index (χ0) is 22.3. The lowest BCUT2D eigenvalue weighted by Crippen LogP contribution is -2.49. The van der Waals surface area contributed by atoms with Gasteiger partial charge in [-0.25, -0.2) is 9.37 Å². The molecule has 168 valence electrons. The third-order valence-electron chi connectivity index (χ3n) is 5.52. The minimum absolute atomic E-state index is 0.0363. The molecule has 2 heterocycles. The predicted molar refractivity (Wildman–Crippen MR) is 118 cm³/mol. The van der Waals surface area contributed by atoms with Crippen LogP contribution in [-0.2, 0) is 25.0 Å². The van der Waals surface area contributed by atoms with Gasteiger partial charge in [0.2, 0.25) is 0 Å². The molecule has 1 fully saturated rings. The molecular weight excluding hydrogens is 411 g/mol. The fourth-order valence-corrected chi connectivity index (χ4v) is 3.56. The maximum atomic E-state index is 12.9. The van der Waals surface area contributed by atoms with Gasteiger partial charge in [0.25, 0.3) is 5.91 Å². The molecule has 4 rings (SSSR count). The number of piperazine rings is 1. The van der Waals surface area contributed by atoms with Crippen molar-refractivity contribution in [2.45, 2.75) is 13.2 Å². The third kappa shape index (κ3) is 5.85. The van der Waals surface area contributed by atoms with Crippen LogP contribution in [-0.4, -0.2) is 58.0 Å². The van der Waals surface area contributed by atoms with Crippen molar-refractivity contribution in [2.75, 3.05) is 32.8 Å². The highest BCUT2D eigenvalue weighted by Gasteiger charge is 2.21. The summed E-state index contributed by atoms with van der Waals surface area (Å²) in [5, 5.41) is 0. The normalized spacial score (nSPS) is 14.4. The molecule has 0 atom stereocenters. The van der Waals surface area contributed by atoms with Crippen LogP contribution in [0.3, 0.4) is 0 Å². The Morgan fingerprint density at radius 2 is 1.62 bits per heavy atom. The van der Waals surface area contributed by atoms with Crippen molar-refractivity contribution in [1.82, 2.24) is 19.4 Å². The van der Waals surface area contributed by atoms with E-state index in [1.165, 1.54) is 29.8 Å². The summed E-state index contributed by atoms with van der Waals surface area (Å²) in [6.45, 7) is 4.16. The number of hydrogen-bond donors (Lipinski definition) is 0. The van der Waals surface area contributed by atoms with Gasteiger partial charge in [0.1, 0.15) is 29.7 Å². The second kappa shape index (κ2) is 10.3. The maximum Gasteiger partial charge on any atom is 0.260 e. The van der Waals surface area contributed by atoms with Crippen LogP contribution in [0.4, 0.5) is 4.39 Å². The number of nitrogens with zero attached hydrogens (tertiary/aromatic N) is 4. The Labute approximate surface area is 187 Å². The van der Waals surface area contributed by atoms with E-state index in [-0.39, 0.29) is 18.3 Å². The second-order valence-corrected chi connectivity index (χ2v) is 7.79. The molecule has 0 bridgehead atoms. The van der Waals surface area contributed by atoms with Gasteiger partial charge in [-0.1, -0.05) is 12.1 Å². The van der Waals surface area contributed by atoms with E-state index < -0.39 is 0 Å². The standard InChI is InChI=1S/C24H27FN4O3/c1-27-11-10-26-23(27)17-31-21-6-2-19(3-7-21)16-28-12-14-29(15-13-28)24(30)18-32-22-8-4-20(25)5-9-22/h2-11H,12-18H2,1H3. The van der Waals surface area contributed by atoms with Gasteiger partial charge in [-0.05, 0) is 42.0 Å². The largest absolute Gasteiger partial charge is 0.486 e. The van der Waals surface area contributed by atoms with Gasteiger partial charge in [0.05, 0.1) is 0 Å². The Kier molecular flexibility index (Phi) is 7.01. The molecular formula is C24H27FN4O3. The molecule has 1 aliphatic rings. The molecule has 7 nitrogen and oxygen atoms in total. The van der Waals surface area contributed by atoms with E-state index in [4.69, 9.17) is 9.47 Å². The highest BCUT2D eigenvalue weighted by atomic mass is 19.1. The summed E-state index contributed by atoms with van der Waals surface area (Å²) in [5.41, 5.74) is 1.20. The number of imidazole rings is 1. The average molecular weight is 439 g/mol. The summed E-state index contributed by atoms with van der Waals surface area (Å²) < 4.78 is 26.2. The van der Waals surface area contributed by atoms with Crippen molar-refractivity contribution in [3.05, 3.63) is 78.1 Å². The van der Waals surface area contributed by atoms with Crippen LogP contribution < -0.4 is 9.47 Å². The summed E-state index contributed by atoms with van der Waals surface area (Å²) in [4.78, 5) is 20.8. The van der Waals surface area contributed by atoms with E-state index in [0.717, 1.165) is 31.2 Å². The molecule has 0 radical (unpaired) electrons. The number of aromatic nitrogens is 2. The van der Waals surface area contributed by atoms with Crippen molar-refractivity contribution in [3.63, 3.8) is 0 Å². The number of aryl methyl sites for hydroxylation is 1. The van der Waals surface area contributed by atoms with Crippen molar-refractivity contribution in [2.24, 2.45) is 7.05 Å². The summed E-state index contributed by atoms with van der Waals surface area (Å²) >= 11 is 0. The molecule has 1 aromatic heterocycles. The Morgan fingerprint density at radius 1 is 0.969 bits per heavy atom. The van der Waals surface area contributed by atoms with E-state index in [1.54, 1.807) is 6.20 Å². The lowest BCUT2D eigenvalue weighted by atomic mass is 10.2. The molecule has 0 unspecified atom stereocenters. The highest BCUT2D eigenvalue weighted by Crippen LogP contribution is 2.16. The van der Waals surface area contributed by atoms with E-state index in [2.05, 4.69) is 22.0 Å². The number of hydrogen-bond acceptors (Lipinski definition) is 5. The first kappa shape index (κ1) is 21.8. The number of rotatable bonds is 8. The van der Waals surface area contributed by atoms with Crippen molar-refractivity contribution in [1.29, 1.82) is 0 Å². The van der Waals surface area contributed by atoms with E-state index in [0.29, 0.717) is 25.4 Å². The van der Waals surface area contributed by atoms with Crippen molar-refractivity contribution in [3.8, 4) is 11.5 Å². The highest BCUT2D eigenvalue weighted by molar-refractivity contribution is 5.77. The fraction of sp³-hybridized carbons (Fsp3) is 0.333. The zero-order valence-corrected chi connectivity index (χ0v) is 18.1. The number of amides is 1. The van der Waals surface area contributed by atoms with Gasteiger partial charge in [0.15, 0.2) is 6.61 Å². The van der Waals surface area contributed by atoms with Crippen LogP contribution >= 0.6 is 0 Å². The quantitative estimate of drug-likeness (QED) is 0.541. The van der Waals surface area contributed by atoms with Crippen LogP contribution in [0.5, 0.6) is 11.5 Å². The van der Waals surface area contributed by atoms with Gasteiger partial charge in [-0.3, -0.25) is 9.69 Å². The van der Waals surface area contributed by atoms with Crippen LogP contribution in [0.2, 0.25) is 0 Å². The Morgan fingerprint density at radius 3 is 2.28 bits per heavy atom. The third-order valence-corrected chi connectivity index (χ3v) is 5.52. The van der Waals surface area contributed by atoms with Gasteiger partial charge in [0, 0.05) is 52.2 Å². The summed E-state index contributed by atoms with van der Waals surface area (Å²) in [6.07, 6.45) is 3.65. The first-order chi connectivity index (χ1) is 15.6.